The molecule has 168 valence electrons. The van der Waals surface area contributed by atoms with Crippen molar-refractivity contribution < 1.29 is 36.4 Å². The molecule has 0 aliphatic heterocycles. The van der Waals surface area contributed by atoms with Gasteiger partial charge in [0.1, 0.15) is 18.4 Å². The summed E-state index contributed by atoms with van der Waals surface area (Å²) in [4.78, 5) is 22.9. The lowest BCUT2D eigenvalue weighted by Gasteiger charge is -2.16. The number of carbonyl (C=O) groups is 1. The van der Waals surface area contributed by atoms with Gasteiger partial charge in [0.15, 0.2) is 5.69 Å². The van der Waals surface area contributed by atoms with Crippen LogP contribution in [-0.2, 0) is 11.0 Å². The lowest BCUT2D eigenvalue weighted by atomic mass is 10.2. The molecular weight excluding hydrogens is 431 g/mol. The van der Waals surface area contributed by atoms with Crippen LogP contribution >= 0.6 is 0 Å². The Balaban J connectivity index is 1.84. The minimum atomic E-state index is -4.68. The van der Waals surface area contributed by atoms with Crippen molar-refractivity contribution in [2.24, 2.45) is 0 Å². The molecule has 0 bridgehead atoms. The standard InChI is InChI=1S/C18H17F5N4O4/c1-9(26-14(10-2-3-10)7-15(25-26)18(21,22)23)17(28)24-11-4-12(27(29)30)6-13(5-11)31-8-16(19)20/h4-7,9-10,16H,2-3,8H2,1H3,(H,24,28). The van der Waals surface area contributed by atoms with Crippen molar-refractivity contribution in [1.82, 2.24) is 9.78 Å². The summed E-state index contributed by atoms with van der Waals surface area (Å²) in [6.07, 6.45) is -6.15. The summed E-state index contributed by atoms with van der Waals surface area (Å²) in [5.74, 6) is -1.19. The monoisotopic (exact) mass is 448 g/mol. The predicted molar refractivity (Wildman–Crippen MR) is 97.1 cm³/mol. The van der Waals surface area contributed by atoms with Crippen LogP contribution in [0.25, 0.3) is 0 Å². The Morgan fingerprint density at radius 3 is 2.55 bits per heavy atom. The molecule has 1 aromatic heterocycles. The van der Waals surface area contributed by atoms with Crippen molar-refractivity contribution in [2.45, 2.75) is 44.3 Å². The fraction of sp³-hybridized carbons (Fsp3) is 0.444. The number of carbonyl (C=O) groups excluding carboxylic acids is 1. The molecule has 3 rings (SSSR count). The van der Waals surface area contributed by atoms with E-state index in [4.69, 9.17) is 4.74 Å². The maximum absolute atomic E-state index is 13.1. The minimum Gasteiger partial charge on any atom is -0.487 e. The number of ether oxygens (including phenoxy) is 1. The van der Waals surface area contributed by atoms with Gasteiger partial charge in [-0.2, -0.15) is 18.3 Å². The number of non-ortho nitro benzene ring substituents is 1. The van der Waals surface area contributed by atoms with E-state index in [1.54, 1.807) is 0 Å². The van der Waals surface area contributed by atoms with Crippen molar-refractivity contribution in [3.63, 3.8) is 0 Å². The lowest BCUT2D eigenvalue weighted by molar-refractivity contribution is -0.384. The first kappa shape index (κ1) is 22.4. The summed E-state index contributed by atoms with van der Waals surface area (Å²) in [7, 11) is 0. The summed E-state index contributed by atoms with van der Waals surface area (Å²) in [5, 5.41) is 17.0. The molecule has 1 amide bonds. The van der Waals surface area contributed by atoms with Gasteiger partial charge in [0.05, 0.1) is 16.7 Å². The zero-order valence-corrected chi connectivity index (χ0v) is 16.0. The summed E-state index contributed by atoms with van der Waals surface area (Å²) < 4.78 is 69.7. The van der Waals surface area contributed by atoms with Crippen LogP contribution in [0.4, 0.5) is 33.3 Å². The van der Waals surface area contributed by atoms with E-state index in [1.807, 2.05) is 0 Å². The van der Waals surface area contributed by atoms with Crippen LogP contribution in [0.2, 0.25) is 0 Å². The molecule has 1 saturated carbocycles. The van der Waals surface area contributed by atoms with E-state index in [9.17, 15) is 36.9 Å². The molecule has 0 saturated heterocycles. The Kier molecular flexibility index (Phi) is 6.13. The van der Waals surface area contributed by atoms with Crippen LogP contribution in [0.15, 0.2) is 24.3 Å². The average molecular weight is 448 g/mol. The molecule has 1 aliphatic rings. The van der Waals surface area contributed by atoms with Crippen molar-refractivity contribution in [3.8, 4) is 5.75 Å². The van der Waals surface area contributed by atoms with Crippen molar-refractivity contribution in [1.29, 1.82) is 0 Å². The van der Waals surface area contributed by atoms with E-state index >= 15 is 0 Å². The highest BCUT2D eigenvalue weighted by Gasteiger charge is 2.39. The maximum atomic E-state index is 13.1. The quantitative estimate of drug-likeness (QED) is 0.363. The lowest BCUT2D eigenvalue weighted by Crippen LogP contribution is -2.26. The zero-order chi connectivity index (χ0) is 22.9. The number of nitro groups is 1. The van der Waals surface area contributed by atoms with E-state index in [2.05, 4.69) is 10.4 Å². The Bertz CT molecular complexity index is 988. The fourth-order valence-electron chi connectivity index (χ4n) is 2.90. The molecule has 1 unspecified atom stereocenters. The molecule has 1 aromatic carbocycles. The number of hydrogen-bond acceptors (Lipinski definition) is 5. The highest BCUT2D eigenvalue weighted by atomic mass is 19.4. The van der Waals surface area contributed by atoms with Gasteiger partial charge >= 0.3 is 6.18 Å². The first-order valence-corrected chi connectivity index (χ1v) is 9.13. The number of hydrogen-bond donors (Lipinski definition) is 1. The number of nitro benzene ring substituents is 1. The third-order valence-corrected chi connectivity index (χ3v) is 4.54. The number of rotatable bonds is 8. The van der Waals surface area contributed by atoms with Crippen LogP contribution in [0.3, 0.4) is 0 Å². The van der Waals surface area contributed by atoms with Gasteiger partial charge in [-0.15, -0.1) is 0 Å². The van der Waals surface area contributed by atoms with Crippen LogP contribution in [0, 0.1) is 10.1 Å². The Labute approximate surface area is 172 Å². The molecule has 1 aliphatic carbocycles. The van der Waals surface area contributed by atoms with Crippen LogP contribution in [0.5, 0.6) is 5.75 Å². The minimum absolute atomic E-state index is 0.133. The molecule has 0 spiro atoms. The van der Waals surface area contributed by atoms with Gasteiger partial charge in [0, 0.05) is 23.7 Å². The van der Waals surface area contributed by atoms with Crippen LogP contribution in [-0.4, -0.2) is 33.6 Å². The molecule has 1 N–H and O–H groups in total. The Morgan fingerprint density at radius 1 is 1.32 bits per heavy atom. The maximum Gasteiger partial charge on any atom is 0.435 e. The first-order chi connectivity index (χ1) is 14.5. The number of nitrogens with one attached hydrogen (secondary N) is 1. The molecule has 1 heterocycles. The number of benzene rings is 1. The van der Waals surface area contributed by atoms with Gasteiger partial charge in [-0.3, -0.25) is 19.6 Å². The molecule has 8 nitrogen and oxygen atoms in total. The number of nitrogens with zero attached hydrogens (tertiary/aromatic N) is 3. The van der Waals surface area contributed by atoms with Gasteiger partial charge in [-0.05, 0) is 25.8 Å². The van der Waals surface area contributed by atoms with E-state index in [0.717, 1.165) is 28.9 Å². The highest BCUT2D eigenvalue weighted by molar-refractivity contribution is 5.94. The molecule has 2 aromatic rings. The second-order valence-electron chi connectivity index (χ2n) is 7.01. The molecule has 31 heavy (non-hydrogen) atoms. The summed E-state index contributed by atoms with van der Waals surface area (Å²) in [6, 6.07) is 2.73. The second-order valence-corrected chi connectivity index (χ2v) is 7.01. The molecule has 13 heteroatoms. The average Bonchev–Trinajstić information content (AvgIpc) is 3.42. The molecular formula is C18H17F5N4O4. The number of aromatic nitrogens is 2. The van der Waals surface area contributed by atoms with E-state index in [0.29, 0.717) is 12.8 Å². The van der Waals surface area contributed by atoms with Gasteiger partial charge in [0.2, 0.25) is 5.91 Å². The first-order valence-electron chi connectivity index (χ1n) is 9.13. The van der Waals surface area contributed by atoms with Crippen LogP contribution < -0.4 is 10.1 Å². The Hall–Kier alpha value is -3.25. The third-order valence-electron chi connectivity index (χ3n) is 4.54. The van der Waals surface area contributed by atoms with Gasteiger partial charge in [-0.25, -0.2) is 8.78 Å². The van der Waals surface area contributed by atoms with Crippen molar-refractivity contribution >= 4 is 17.3 Å². The SMILES string of the molecule is CC(C(=O)Nc1cc(OCC(F)F)cc([N+](=O)[O-])c1)n1nc(C(F)(F)F)cc1C1CC1. The summed E-state index contributed by atoms with van der Waals surface area (Å²) >= 11 is 0. The normalized spacial score (nSPS) is 15.1. The van der Waals surface area contributed by atoms with Crippen molar-refractivity contribution in [3.05, 3.63) is 45.8 Å². The second kappa shape index (κ2) is 8.47. The topological polar surface area (TPSA) is 99.3 Å². The molecule has 0 radical (unpaired) electrons. The smallest absolute Gasteiger partial charge is 0.435 e. The third kappa shape index (κ3) is 5.47. The zero-order valence-electron chi connectivity index (χ0n) is 16.0. The van der Waals surface area contributed by atoms with Crippen molar-refractivity contribution in [2.75, 3.05) is 11.9 Å². The fourth-order valence-corrected chi connectivity index (χ4v) is 2.90. The number of anilines is 1. The van der Waals surface area contributed by atoms with Gasteiger partial charge in [-0.1, -0.05) is 0 Å². The largest absolute Gasteiger partial charge is 0.487 e. The number of alkyl halides is 5. The van der Waals surface area contributed by atoms with Gasteiger partial charge < -0.3 is 10.1 Å². The predicted octanol–water partition coefficient (Wildman–Crippen LogP) is 4.53. The number of amides is 1. The highest BCUT2D eigenvalue weighted by Crippen LogP contribution is 2.43. The number of halogens is 5. The van der Waals surface area contributed by atoms with Gasteiger partial charge in [0.25, 0.3) is 12.1 Å². The van der Waals surface area contributed by atoms with E-state index in [1.165, 1.54) is 6.92 Å². The summed E-state index contributed by atoms with van der Waals surface area (Å²) in [5.41, 5.74) is -1.50. The van der Waals surface area contributed by atoms with E-state index < -0.39 is 47.5 Å². The van der Waals surface area contributed by atoms with Crippen LogP contribution in [0.1, 0.15) is 43.1 Å². The molecule has 1 fully saturated rings. The van der Waals surface area contributed by atoms with E-state index in [-0.39, 0.29) is 23.0 Å². The molecule has 1 atom stereocenters. The summed E-state index contributed by atoms with van der Waals surface area (Å²) in [6.45, 7) is 0.323. The Morgan fingerprint density at radius 2 is 2.00 bits per heavy atom.